The Bertz CT molecular complexity index is 867. The van der Waals surface area contributed by atoms with Gasteiger partial charge in [-0.3, -0.25) is 14.5 Å². The van der Waals surface area contributed by atoms with Crippen LogP contribution in [0.3, 0.4) is 0 Å². The zero-order valence-corrected chi connectivity index (χ0v) is 18.8. The first kappa shape index (κ1) is 22.4. The molecule has 32 heavy (non-hydrogen) atoms. The molecule has 1 saturated carbocycles. The van der Waals surface area contributed by atoms with Crippen LogP contribution in [0.5, 0.6) is 5.75 Å². The Hall–Kier alpha value is -2.80. The molecular formula is C25H33N3O4. The number of carbonyl (C=O) groups excluding carboxylic acids is 2. The Morgan fingerprint density at radius 3 is 2.44 bits per heavy atom. The van der Waals surface area contributed by atoms with Gasteiger partial charge >= 0.3 is 0 Å². The maximum Gasteiger partial charge on any atom is 0.289 e. The van der Waals surface area contributed by atoms with E-state index < -0.39 is 0 Å². The van der Waals surface area contributed by atoms with Gasteiger partial charge in [0.2, 0.25) is 5.91 Å². The molecule has 2 fully saturated rings. The number of nitrogens with one attached hydrogen (secondary N) is 1. The molecule has 172 valence electrons. The number of furan rings is 1. The van der Waals surface area contributed by atoms with Crippen LogP contribution in [0.25, 0.3) is 0 Å². The molecule has 1 N–H and O–H groups in total. The minimum Gasteiger partial charge on any atom is -0.497 e. The van der Waals surface area contributed by atoms with Crippen molar-refractivity contribution in [2.75, 3.05) is 39.8 Å². The quantitative estimate of drug-likeness (QED) is 0.685. The number of nitrogens with zero attached hydrogens (tertiary/aromatic N) is 2. The van der Waals surface area contributed by atoms with Crippen LogP contribution in [-0.4, -0.2) is 67.5 Å². The Labute approximate surface area is 189 Å². The summed E-state index contributed by atoms with van der Waals surface area (Å²) < 4.78 is 10.5. The Kier molecular flexibility index (Phi) is 7.47. The lowest BCUT2D eigenvalue weighted by Crippen LogP contribution is -2.58. The summed E-state index contributed by atoms with van der Waals surface area (Å²) in [4.78, 5) is 29.9. The summed E-state index contributed by atoms with van der Waals surface area (Å²) >= 11 is 0. The van der Waals surface area contributed by atoms with Crippen molar-refractivity contribution < 1.29 is 18.7 Å². The van der Waals surface area contributed by atoms with E-state index in [1.54, 1.807) is 19.2 Å². The van der Waals surface area contributed by atoms with Gasteiger partial charge < -0.3 is 19.4 Å². The van der Waals surface area contributed by atoms with Gasteiger partial charge in [-0.2, -0.15) is 0 Å². The van der Waals surface area contributed by atoms with Gasteiger partial charge in [-0.1, -0.05) is 25.0 Å². The van der Waals surface area contributed by atoms with Crippen LogP contribution in [0.2, 0.25) is 0 Å². The van der Waals surface area contributed by atoms with Crippen LogP contribution in [0.15, 0.2) is 47.1 Å². The lowest BCUT2D eigenvalue weighted by molar-refractivity contribution is -0.129. The highest BCUT2D eigenvalue weighted by Crippen LogP contribution is 2.31. The number of hydrogen-bond donors (Lipinski definition) is 1. The molecule has 1 saturated heterocycles. The summed E-state index contributed by atoms with van der Waals surface area (Å²) in [6.45, 7) is 3.26. The fraction of sp³-hybridized carbons (Fsp3) is 0.520. The molecule has 2 heterocycles. The molecule has 2 aromatic rings. The number of hydrogen-bond acceptors (Lipinski definition) is 5. The van der Waals surface area contributed by atoms with E-state index >= 15 is 0 Å². The van der Waals surface area contributed by atoms with Crippen molar-refractivity contribution in [2.45, 2.75) is 38.1 Å². The van der Waals surface area contributed by atoms with E-state index in [0.29, 0.717) is 44.4 Å². The van der Waals surface area contributed by atoms with Gasteiger partial charge in [0.05, 0.1) is 19.4 Å². The zero-order valence-electron chi connectivity index (χ0n) is 18.8. The van der Waals surface area contributed by atoms with Crippen LogP contribution in [-0.2, 0) is 11.2 Å². The Morgan fingerprint density at radius 2 is 1.81 bits per heavy atom. The molecular weight excluding hydrogens is 406 g/mol. The second-order valence-corrected chi connectivity index (χ2v) is 8.68. The molecule has 2 aliphatic rings. The van der Waals surface area contributed by atoms with E-state index in [1.807, 2.05) is 29.2 Å². The van der Waals surface area contributed by atoms with Gasteiger partial charge in [-0.05, 0) is 55.0 Å². The van der Waals surface area contributed by atoms with Crippen molar-refractivity contribution in [3.8, 4) is 5.75 Å². The number of amides is 2. The third-order valence-electron chi connectivity index (χ3n) is 6.71. The molecule has 4 rings (SSSR count). The summed E-state index contributed by atoms with van der Waals surface area (Å²) in [6.07, 6.45) is 6.90. The van der Waals surface area contributed by atoms with Crippen LogP contribution >= 0.6 is 0 Å². The molecule has 0 spiro atoms. The minimum atomic E-state index is -0.116. The standard InChI is InChI=1S/C25H33N3O4/c1-31-21-10-8-19(9-11-21)12-13-26-24(29)23(20-5-2-3-6-20)27-14-16-28(17-15-27)25(30)22-7-4-18-32-22/h4,7-11,18,20,23H,2-3,5-6,12-17H2,1H3,(H,26,29). The minimum absolute atomic E-state index is 0.0731. The molecule has 1 unspecified atom stereocenters. The van der Waals surface area contributed by atoms with Gasteiger partial charge in [0.25, 0.3) is 5.91 Å². The van der Waals surface area contributed by atoms with Crippen molar-refractivity contribution in [1.82, 2.24) is 15.1 Å². The van der Waals surface area contributed by atoms with E-state index in [2.05, 4.69) is 10.2 Å². The number of methoxy groups -OCH3 is 1. The monoisotopic (exact) mass is 439 g/mol. The van der Waals surface area contributed by atoms with Gasteiger partial charge in [-0.25, -0.2) is 0 Å². The van der Waals surface area contributed by atoms with Crippen LogP contribution in [0.1, 0.15) is 41.8 Å². The van der Waals surface area contributed by atoms with Crippen molar-refractivity contribution in [3.05, 3.63) is 54.0 Å². The summed E-state index contributed by atoms with van der Waals surface area (Å²) in [7, 11) is 1.66. The summed E-state index contributed by atoms with van der Waals surface area (Å²) in [6, 6.07) is 11.3. The predicted octanol–water partition coefficient (Wildman–Crippen LogP) is 2.96. The van der Waals surface area contributed by atoms with E-state index in [0.717, 1.165) is 25.0 Å². The Balaban J connectivity index is 1.32. The van der Waals surface area contributed by atoms with Crippen LogP contribution in [0, 0.1) is 5.92 Å². The maximum absolute atomic E-state index is 13.3. The topological polar surface area (TPSA) is 75.0 Å². The Morgan fingerprint density at radius 1 is 1.09 bits per heavy atom. The molecule has 1 aliphatic heterocycles. The van der Waals surface area contributed by atoms with Crippen LogP contribution in [0.4, 0.5) is 0 Å². The number of rotatable bonds is 8. The van der Waals surface area contributed by atoms with Crippen molar-refractivity contribution in [2.24, 2.45) is 5.92 Å². The number of piperazine rings is 1. The first-order valence-corrected chi connectivity index (χ1v) is 11.6. The van der Waals surface area contributed by atoms with Crippen molar-refractivity contribution >= 4 is 11.8 Å². The van der Waals surface area contributed by atoms with E-state index in [1.165, 1.54) is 24.7 Å². The third-order valence-corrected chi connectivity index (χ3v) is 6.71. The second kappa shape index (κ2) is 10.7. The molecule has 0 bridgehead atoms. The average Bonchev–Trinajstić information content (AvgIpc) is 3.55. The summed E-state index contributed by atoms with van der Waals surface area (Å²) in [5.41, 5.74) is 1.17. The first-order valence-electron chi connectivity index (χ1n) is 11.6. The highest BCUT2D eigenvalue weighted by atomic mass is 16.5. The zero-order chi connectivity index (χ0) is 22.3. The fourth-order valence-electron chi connectivity index (χ4n) is 4.94. The van der Waals surface area contributed by atoms with E-state index in [-0.39, 0.29) is 17.9 Å². The largest absolute Gasteiger partial charge is 0.497 e. The predicted molar refractivity (Wildman–Crippen MR) is 122 cm³/mol. The second-order valence-electron chi connectivity index (χ2n) is 8.68. The smallest absolute Gasteiger partial charge is 0.289 e. The lowest BCUT2D eigenvalue weighted by atomic mass is 9.95. The number of ether oxygens (including phenoxy) is 1. The number of benzene rings is 1. The molecule has 0 radical (unpaired) electrons. The summed E-state index contributed by atoms with van der Waals surface area (Å²) in [5.74, 6) is 1.65. The van der Waals surface area contributed by atoms with Crippen molar-refractivity contribution in [1.29, 1.82) is 0 Å². The molecule has 1 atom stereocenters. The van der Waals surface area contributed by atoms with E-state index in [9.17, 15) is 9.59 Å². The molecule has 1 aromatic carbocycles. The highest BCUT2D eigenvalue weighted by molar-refractivity contribution is 5.91. The molecule has 7 nitrogen and oxygen atoms in total. The highest BCUT2D eigenvalue weighted by Gasteiger charge is 2.37. The molecule has 2 amide bonds. The van der Waals surface area contributed by atoms with Gasteiger partial charge in [0.15, 0.2) is 5.76 Å². The van der Waals surface area contributed by atoms with Crippen LogP contribution < -0.4 is 10.1 Å². The average molecular weight is 440 g/mol. The molecule has 7 heteroatoms. The van der Waals surface area contributed by atoms with E-state index in [4.69, 9.17) is 9.15 Å². The van der Waals surface area contributed by atoms with Gasteiger partial charge in [0.1, 0.15) is 5.75 Å². The first-order chi connectivity index (χ1) is 15.7. The van der Waals surface area contributed by atoms with Gasteiger partial charge in [-0.15, -0.1) is 0 Å². The summed E-state index contributed by atoms with van der Waals surface area (Å²) in [5, 5.41) is 3.18. The van der Waals surface area contributed by atoms with Crippen molar-refractivity contribution in [3.63, 3.8) is 0 Å². The molecule has 1 aliphatic carbocycles. The normalized spacial score (nSPS) is 18.5. The van der Waals surface area contributed by atoms with Gasteiger partial charge in [0, 0.05) is 32.7 Å². The lowest BCUT2D eigenvalue weighted by Gasteiger charge is -2.40. The SMILES string of the molecule is COc1ccc(CCNC(=O)C(C2CCCC2)N2CCN(C(=O)c3ccco3)CC2)cc1. The third kappa shape index (κ3) is 5.33. The fourth-order valence-corrected chi connectivity index (χ4v) is 4.94. The maximum atomic E-state index is 13.3. The number of carbonyl (C=O) groups is 2. The molecule has 1 aromatic heterocycles.